The highest BCUT2D eigenvalue weighted by atomic mass is 32.1. The van der Waals surface area contributed by atoms with E-state index in [1.165, 1.54) is 11.3 Å². The first kappa shape index (κ1) is 12.1. The molecule has 0 spiro atoms. The van der Waals surface area contributed by atoms with Crippen molar-refractivity contribution < 1.29 is 9.90 Å². The van der Waals surface area contributed by atoms with Crippen LogP contribution in [0.1, 0.15) is 42.4 Å². The zero-order chi connectivity index (χ0) is 11.8. The standard InChI is InChI=1S/C10H16N2O2S/c1-5-7(6(11)8(13)14)15-9(12-5)10(2,3)4/h6H,11H2,1-4H3,(H,13,14). The summed E-state index contributed by atoms with van der Waals surface area (Å²) in [6.07, 6.45) is 0. The lowest BCUT2D eigenvalue weighted by molar-refractivity contribution is -0.138. The van der Waals surface area contributed by atoms with E-state index in [1.54, 1.807) is 6.92 Å². The van der Waals surface area contributed by atoms with E-state index in [0.717, 1.165) is 10.7 Å². The maximum Gasteiger partial charge on any atom is 0.326 e. The quantitative estimate of drug-likeness (QED) is 0.809. The molecule has 1 heterocycles. The molecular formula is C10H16N2O2S. The second-order valence-electron chi connectivity index (χ2n) is 4.53. The predicted molar refractivity (Wildman–Crippen MR) is 60.1 cm³/mol. The van der Waals surface area contributed by atoms with Crippen LogP contribution in [0.4, 0.5) is 0 Å². The number of rotatable bonds is 2. The van der Waals surface area contributed by atoms with Crippen LogP contribution in [-0.4, -0.2) is 16.1 Å². The largest absolute Gasteiger partial charge is 0.480 e. The number of aromatic nitrogens is 1. The molecule has 0 fully saturated rings. The molecule has 0 aliphatic rings. The Hall–Kier alpha value is -0.940. The molecule has 0 aliphatic carbocycles. The van der Waals surface area contributed by atoms with Crippen molar-refractivity contribution in [2.24, 2.45) is 5.73 Å². The van der Waals surface area contributed by atoms with E-state index >= 15 is 0 Å². The Morgan fingerprint density at radius 2 is 2.07 bits per heavy atom. The maximum atomic E-state index is 10.8. The summed E-state index contributed by atoms with van der Waals surface area (Å²) in [5.41, 5.74) is 6.22. The van der Waals surface area contributed by atoms with Crippen LogP contribution >= 0.6 is 11.3 Å². The number of carbonyl (C=O) groups is 1. The molecule has 0 aromatic carbocycles. The number of carboxylic acids is 1. The van der Waals surface area contributed by atoms with E-state index in [0.29, 0.717) is 4.88 Å². The monoisotopic (exact) mass is 228 g/mol. The van der Waals surface area contributed by atoms with Gasteiger partial charge in [0.05, 0.1) is 15.6 Å². The molecule has 0 amide bonds. The first-order chi connectivity index (χ1) is 6.73. The van der Waals surface area contributed by atoms with Crippen molar-refractivity contribution in [1.29, 1.82) is 0 Å². The molecule has 1 rings (SSSR count). The summed E-state index contributed by atoms with van der Waals surface area (Å²) < 4.78 is 0. The Morgan fingerprint density at radius 3 is 2.40 bits per heavy atom. The number of nitrogens with zero attached hydrogens (tertiary/aromatic N) is 1. The Bertz CT molecular complexity index is 379. The van der Waals surface area contributed by atoms with Gasteiger partial charge in [-0.3, -0.25) is 4.79 Å². The Labute approximate surface area is 93.1 Å². The molecule has 0 radical (unpaired) electrons. The smallest absolute Gasteiger partial charge is 0.326 e. The van der Waals surface area contributed by atoms with Crippen LogP contribution in [0.5, 0.6) is 0 Å². The van der Waals surface area contributed by atoms with Crippen LogP contribution in [0.25, 0.3) is 0 Å². The topological polar surface area (TPSA) is 76.2 Å². The number of aryl methyl sites for hydroxylation is 1. The van der Waals surface area contributed by atoms with E-state index in [1.807, 2.05) is 20.8 Å². The van der Waals surface area contributed by atoms with E-state index in [2.05, 4.69) is 4.98 Å². The number of carboxylic acid groups (broad SMARTS) is 1. The van der Waals surface area contributed by atoms with E-state index in [4.69, 9.17) is 10.8 Å². The van der Waals surface area contributed by atoms with Gasteiger partial charge in [0.25, 0.3) is 0 Å². The zero-order valence-electron chi connectivity index (χ0n) is 9.37. The molecular weight excluding hydrogens is 212 g/mol. The molecule has 1 unspecified atom stereocenters. The van der Waals surface area contributed by atoms with Crippen molar-refractivity contribution >= 4 is 17.3 Å². The minimum Gasteiger partial charge on any atom is -0.480 e. The van der Waals surface area contributed by atoms with Crippen LogP contribution < -0.4 is 5.73 Å². The Balaban J connectivity index is 3.12. The molecule has 1 aromatic rings. The van der Waals surface area contributed by atoms with Crippen molar-refractivity contribution in [3.63, 3.8) is 0 Å². The maximum absolute atomic E-state index is 10.8. The molecule has 15 heavy (non-hydrogen) atoms. The van der Waals surface area contributed by atoms with Crippen molar-refractivity contribution in [1.82, 2.24) is 4.98 Å². The average Bonchev–Trinajstić information content (AvgIpc) is 2.45. The zero-order valence-corrected chi connectivity index (χ0v) is 10.2. The number of hydrogen-bond acceptors (Lipinski definition) is 4. The number of aliphatic carboxylic acids is 1. The summed E-state index contributed by atoms with van der Waals surface area (Å²) in [7, 11) is 0. The molecule has 5 heteroatoms. The summed E-state index contributed by atoms with van der Waals surface area (Å²) in [6, 6.07) is -0.960. The fourth-order valence-electron chi connectivity index (χ4n) is 1.13. The van der Waals surface area contributed by atoms with Crippen molar-refractivity contribution in [3.05, 3.63) is 15.6 Å². The third-order valence-corrected chi connectivity index (χ3v) is 3.69. The SMILES string of the molecule is Cc1nc(C(C)(C)C)sc1C(N)C(=O)O. The van der Waals surface area contributed by atoms with Gasteiger partial charge < -0.3 is 10.8 Å². The lowest BCUT2D eigenvalue weighted by Gasteiger charge is -2.13. The fraction of sp³-hybridized carbons (Fsp3) is 0.600. The lowest BCUT2D eigenvalue weighted by atomic mass is 9.98. The fourth-order valence-corrected chi connectivity index (χ4v) is 2.25. The molecule has 0 saturated carbocycles. The molecule has 0 aliphatic heterocycles. The molecule has 4 nitrogen and oxygen atoms in total. The van der Waals surface area contributed by atoms with Gasteiger partial charge in [-0.15, -0.1) is 11.3 Å². The number of nitrogens with two attached hydrogens (primary N) is 1. The predicted octanol–water partition coefficient (Wildman–Crippen LogP) is 1.83. The van der Waals surface area contributed by atoms with Crippen LogP contribution in [0.15, 0.2) is 0 Å². The van der Waals surface area contributed by atoms with Gasteiger partial charge in [-0.05, 0) is 6.92 Å². The summed E-state index contributed by atoms with van der Waals surface area (Å²) >= 11 is 1.39. The molecule has 1 atom stereocenters. The highest BCUT2D eigenvalue weighted by Gasteiger charge is 2.25. The first-order valence-electron chi connectivity index (χ1n) is 4.69. The van der Waals surface area contributed by atoms with Crippen LogP contribution in [-0.2, 0) is 10.2 Å². The Morgan fingerprint density at radius 1 is 1.53 bits per heavy atom. The van der Waals surface area contributed by atoms with Gasteiger partial charge in [0.2, 0.25) is 0 Å². The van der Waals surface area contributed by atoms with Crippen LogP contribution in [0, 0.1) is 6.92 Å². The number of thiazole rings is 1. The highest BCUT2D eigenvalue weighted by molar-refractivity contribution is 7.12. The number of hydrogen-bond donors (Lipinski definition) is 2. The van der Waals surface area contributed by atoms with Gasteiger partial charge in [-0.1, -0.05) is 20.8 Å². The van der Waals surface area contributed by atoms with Gasteiger partial charge in [-0.25, -0.2) is 4.98 Å². The lowest BCUT2D eigenvalue weighted by Crippen LogP contribution is -2.20. The van der Waals surface area contributed by atoms with Gasteiger partial charge in [0.1, 0.15) is 6.04 Å². The molecule has 84 valence electrons. The third-order valence-electron chi connectivity index (χ3n) is 2.02. The van der Waals surface area contributed by atoms with Gasteiger partial charge >= 0.3 is 5.97 Å². The van der Waals surface area contributed by atoms with E-state index in [-0.39, 0.29) is 5.41 Å². The molecule has 0 saturated heterocycles. The third kappa shape index (κ3) is 2.54. The summed E-state index contributed by atoms with van der Waals surface area (Å²) in [5.74, 6) is -1.01. The van der Waals surface area contributed by atoms with Crippen LogP contribution in [0.2, 0.25) is 0 Å². The van der Waals surface area contributed by atoms with Gasteiger partial charge in [-0.2, -0.15) is 0 Å². The van der Waals surface area contributed by atoms with E-state index in [9.17, 15) is 4.79 Å². The molecule has 3 N–H and O–H groups in total. The second kappa shape index (κ2) is 3.90. The van der Waals surface area contributed by atoms with Gasteiger partial charge in [0.15, 0.2) is 0 Å². The van der Waals surface area contributed by atoms with Crippen molar-refractivity contribution in [2.75, 3.05) is 0 Å². The van der Waals surface area contributed by atoms with Gasteiger partial charge in [0, 0.05) is 5.41 Å². The van der Waals surface area contributed by atoms with Crippen molar-refractivity contribution in [3.8, 4) is 0 Å². The minimum atomic E-state index is -1.01. The summed E-state index contributed by atoms with van der Waals surface area (Å²) in [5, 5.41) is 9.75. The normalized spacial score (nSPS) is 13.9. The highest BCUT2D eigenvalue weighted by Crippen LogP contribution is 2.31. The average molecular weight is 228 g/mol. The first-order valence-corrected chi connectivity index (χ1v) is 5.51. The second-order valence-corrected chi connectivity index (χ2v) is 5.57. The molecule has 0 bridgehead atoms. The van der Waals surface area contributed by atoms with Crippen LogP contribution in [0.3, 0.4) is 0 Å². The summed E-state index contributed by atoms with van der Waals surface area (Å²) in [4.78, 5) is 15.8. The van der Waals surface area contributed by atoms with Crippen molar-refractivity contribution in [2.45, 2.75) is 39.2 Å². The molecule has 1 aromatic heterocycles. The summed E-state index contributed by atoms with van der Waals surface area (Å²) in [6.45, 7) is 7.92. The van der Waals surface area contributed by atoms with E-state index < -0.39 is 12.0 Å². The Kier molecular flexibility index (Phi) is 3.16. The minimum absolute atomic E-state index is 0.0636.